The molecule has 1 N–H and O–H groups in total. The highest BCUT2D eigenvalue weighted by Gasteiger charge is 2.28. The van der Waals surface area contributed by atoms with Crippen LogP contribution in [0.2, 0.25) is 0 Å². The molecule has 2 aliphatic heterocycles. The molecule has 3 atom stereocenters. The third-order valence-electron chi connectivity index (χ3n) is 3.80. The molecule has 2 unspecified atom stereocenters. The van der Waals surface area contributed by atoms with E-state index >= 15 is 0 Å². The molecule has 3 heteroatoms. The van der Waals surface area contributed by atoms with Crippen molar-refractivity contribution < 1.29 is 0 Å². The van der Waals surface area contributed by atoms with Crippen LogP contribution < -0.4 is 5.32 Å². The average Bonchev–Trinajstić information content (AvgIpc) is 2.45. The predicted molar refractivity (Wildman–Crippen MR) is 63.9 cm³/mol. The van der Waals surface area contributed by atoms with Crippen molar-refractivity contribution in [1.29, 1.82) is 0 Å². The van der Waals surface area contributed by atoms with Gasteiger partial charge in [-0.1, -0.05) is 0 Å². The van der Waals surface area contributed by atoms with Gasteiger partial charge in [0.05, 0.1) is 6.17 Å². The van der Waals surface area contributed by atoms with Crippen molar-refractivity contribution in [3.63, 3.8) is 0 Å². The summed E-state index contributed by atoms with van der Waals surface area (Å²) in [6.45, 7) is 9.65. The maximum Gasteiger partial charge on any atom is 0.0571 e. The Morgan fingerprint density at radius 3 is 2.67 bits per heavy atom. The molecule has 2 saturated heterocycles. The van der Waals surface area contributed by atoms with Crippen molar-refractivity contribution in [2.45, 2.75) is 38.9 Å². The van der Waals surface area contributed by atoms with Crippen molar-refractivity contribution in [3.8, 4) is 0 Å². The Labute approximate surface area is 93.8 Å². The van der Waals surface area contributed by atoms with Gasteiger partial charge in [0.25, 0.3) is 0 Å². The average molecular weight is 211 g/mol. The lowest BCUT2D eigenvalue weighted by molar-refractivity contribution is 0.145. The molecule has 0 amide bonds. The molecule has 0 aromatic carbocycles. The second-order valence-corrected chi connectivity index (χ2v) is 5.47. The normalized spacial score (nSPS) is 39.8. The maximum atomic E-state index is 3.58. The molecule has 2 heterocycles. The van der Waals surface area contributed by atoms with Gasteiger partial charge < -0.3 is 4.90 Å². The molecule has 0 saturated carbocycles. The monoisotopic (exact) mass is 211 g/mol. The highest BCUT2D eigenvalue weighted by Crippen LogP contribution is 2.19. The zero-order valence-electron chi connectivity index (χ0n) is 10.4. The third-order valence-corrected chi connectivity index (χ3v) is 3.80. The van der Waals surface area contributed by atoms with Crippen molar-refractivity contribution in [2.24, 2.45) is 5.92 Å². The number of likely N-dealkylation sites (tertiary alicyclic amines) is 1. The minimum atomic E-state index is 0.576. The van der Waals surface area contributed by atoms with Gasteiger partial charge in [-0.3, -0.25) is 10.2 Å². The lowest BCUT2D eigenvalue weighted by Gasteiger charge is -2.33. The van der Waals surface area contributed by atoms with Crippen LogP contribution in [0.15, 0.2) is 0 Å². The zero-order chi connectivity index (χ0) is 10.8. The quantitative estimate of drug-likeness (QED) is 0.734. The van der Waals surface area contributed by atoms with Gasteiger partial charge in [-0.15, -0.1) is 0 Å². The Balaban J connectivity index is 1.80. The first-order valence-corrected chi connectivity index (χ1v) is 6.34. The summed E-state index contributed by atoms with van der Waals surface area (Å²) in [5.74, 6) is 0.887. The molecule has 3 nitrogen and oxygen atoms in total. The first-order chi connectivity index (χ1) is 7.15. The first kappa shape index (κ1) is 11.4. The van der Waals surface area contributed by atoms with E-state index in [4.69, 9.17) is 0 Å². The molecule has 0 spiro atoms. The van der Waals surface area contributed by atoms with E-state index in [1.165, 1.54) is 39.0 Å². The second-order valence-electron chi connectivity index (χ2n) is 5.47. The van der Waals surface area contributed by atoms with Gasteiger partial charge in [0.1, 0.15) is 0 Å². The van der Waals surface area contributed by atoms with Crippen LogP contribution in [0.5, 0.6) is 0 Å². The van der Waals surface area contributed by atoms with Crippen LogP contribution in [0.3, 0.4) is 0 Å². The summed E-state index contributed by atoms with van der Waals surface area (Å²) in [6, 6.07) is 0.668. The Morgan fingerprint density at radius 2 is 2.07 bits per heavy atom. The van der Waals surface area contributed by atoms with E-state index in [9.17, 15) is 0 Å². The van der Waals surface area contributed by atoms with E-state index in [0.717, 1.165) is 5.92 Å². The van der Waals surface area contributed by atoms with Crippen molar-refractivity contribution in [1.82, 2.24) is 15.1 Å². The lowest BCUT2D eigenvalue weighted by Crippen LogP contribution is -2.41. The number of hydrogen-bond acceptors (Lipinski definition) is 3. The lowest BCUT2D eigenvalue weighted by atomic mass is 9.98. The van der Waals surface area contributed by atoms with Gasteiger partial charge in [0.2, 0.25) is 0 Å². The van der Waals surface area contributed by atoms with Gasteiger partial charge in [0.15, 0.2) is 0 Å². The summed E-state index contributed by atoms with van der Waals surface area (Å²) in [5.41, 5.74) is 0. The number of hydrogen-bond donors (Lipinski definition) is 1. The van der Waals surface area contributed by atoms with Crippen LogP contribution in [0.4, 0.5) is 0 Å². The molecule has 0 aliphatic carbocycles. The molecule has 2 aliphatic rings. The van der Waals surface area contributed by atoms with E-state index < -0.39 is 0 Å². The summed E-state index contributed by atoms with van der Waals surface area (Å²) < 4.78 is 0. The molecule has 0 bridgehead atoms. The Hall–Kier alpha value is -0.120. The van der Waals surface area contributed by atoms with Gasteiger partial charge in [-0.25, -0.2) is 0 Å². The van der Waals surface area contributed by atoms with Gasteiger partial charge in [-0.05, 0) is 46.2 Å². The summed E-state index contributed by atoms with van der Waals surface area (Å²) in [5, 5.41) is 3.58. The maximum absolute atomic E-state index is 3.58. The third kappa shape index (κ3) is 2.92. The van der Waals surface area contributed by atoms with Crippen LogP contribution >= 0.6 is 0 Å². The largest absolute Gasteiger partial charge is 0.306 e. The summed E-state index contributed by atoms with van der Waals surface area (Å²) in [6.07, 6.45) is 3.38. The number of piperidine rings is 1. The topological polar surface area (TPSA) is 18.5 Å². The van der Waals surface area contributed by atoms with Crippen LogP contribution in [0, 0.1) is 5.92 Å². The van der Waals surface area contributed by atoms with E-state index in [0.29, 0.717) is 12.2 Å². The Bertz CT molecular complexity index is 207. The highest BCUT2D eigenvalue weighted by atomic mass is 15.3. The summed E-state index contributed by atoms with van der Waals surface area (Å²) in [7, 11) is 2.25. The molecular formula is C12H25N3. The standard InChI is InChI=1S/C12H25N3/c1-10-7-15(11(2)13-10)9-12-5-4-6-14(3)8-12/h10-13H,4-9H2,1-3H3/t10?,11?,12-/m1/s1. The van der Waals surface area contributed by atoms with Crippen molar-refractivity contribution in [3.05, 3.63) is 0 Å². The van der Waals surface area contributed by atoms with Crippen molar-refractivity contribution in [2.75, 3.05) is 33.2 Å². The number of rotatable bonds is 2. The molecule has 15 heavy (non-hydrogen) atoms. The highest BCUT2D eigenvalue weighted by molar-refractivity contribution is 4.84. The molecule has 88 valence electrons. The van der Waals surface area contributed by atoms with Crippen LogP contribution in [0.1, 0.15) is 26.7 Å². The fourth-order valence-corrected chi connectivity index (χ4v) is 3.07. The van der Waals surface area contributed by atoms with E-state index in [1.807, 2.05) is 0 Å². The SMILES string of the molecule is CC1CN(C[C@@H]2CCCN(C)C2)C(C)N1. The van der Waals surface area contributed by atoms with Crippen LogP contribution in [0.25, 0.3) is 0 Å². The first-order valence-electron chi connectivity index (χ1n) is 6.34. The van der Waals surface area contributed by atoms with E-state index in [-0.39, 0.29) is 0 Å². The molecular weight excluding hydrogens is 186 g/mol. The van der Waals surface area contributed by atoms with E-state index in [2.05, 4.69) is 36.0 Å². The number of nitrogens with one attached hydrogen (secondary N) is 1. The molecule has 0 radical (unpaired) electrons. The Kier molecular flexibility index (Phi) is 3.65. The molecule has 0 aromatic rings. The minimum absolute atomic E-state index is 0.576. The summed E-state index contributed by atoms with van der Waals surface area (Å²) in [4.78, 5) is 5.08. The molecule has 2 rings (SSSR count). The van der Waals surface area contributed by atoms with Crippen molar-refractivity contribution >= 4 is 0 Å². The predicted octanol–water partition coefficient (Wildman–Crippen LogP) is 0.968. The van der Waals surface area contributed by atoms with Gasteiger partial charge >= 0.3 is 0 Å². The minimum Gasteiger partial charge on any atom is -0.306 e. The smallest absolute Gasteiger partial charge is 0.0571 e. The molecule has 0 aromatic heterocycles. The van der Waals surface area contributed by atoms with Crippen LogP contribution in [-0.4, -0.2) is 55.2 Å². The van der Waals surface area contributed by atoms with Gasteiger partial charge in [-0.2, -0.15) is 0 Å². The Morgan fingerprint density at radius 1 is 1.27 bits per heavy atom. The fraction of sp³-hybridized carbons (Fsp3) is 1.00. The zero-order valence-corrected chi connectivity index (χ0v) is 10.4. The molecule has 2 fully saturated rings. The summed E-state index contributed by atoms with van der Waals surface area (Å²) >= 11 is 0. The fourth-order valence-electron chi connectivity index (χ4n) is 3.07. The second kappa shape index (κ2) is 4.81. The van der Waals surface area contributed by atoms with E-state index in [1.54, 1.807) is 0 Å². The number of nitrogens with zero attached hydrogens (tertiary/aromatic N) is 2. The van der Waals surface area contributed by atoms with Crippen LogP contribution in [-0.2, 0) is 0 Å². The van der Waals surface area contributed by atoms with Gasteiger partial charge in [0, 0.05) is 25.7 Å².